The SMILES string of the molecule is CCCCNC(=O)[C@@H](CC)N(Cc1cccc(C)c1)C(=O)CN(c1ccccc1)S(C)(=O)=O. The molecule has 0 fully saturated rings. The molecule has 8 heteroatoms. The third kappa shape index (κ3) is 7.89. The van der Waals surface area contributed by atoms with Gasteiger partial charge in [0.2, 0.25) is 21.8 Å². The maximum atomic E-state index is 13.5. The molecule has 33 heavy (non-hydrogen) atoms. The third-order valence-corrected chi connectivity index (χ3v) is 6.51. The number of anilines is 1. The second-order valence-corrected chi connectivity index (χ2v) is 10.1. The Morgan fingerprint density at radius 2 is 1.73 bits per heavy atom. The summed E-state index contributed by atoms with van der Waals surface area (Å²) in [7, 11) is -3.71. The molecule has 0 aliphatic rings. The zero-order valence-electron chi connectivity index (χ0n) is 20.0. The molecular weight excluding hydrogens is 438 g/mol. The lowest BCUT2D eigenvalue weighted by Crippen LogP contribution is -2.52. The van der Waals surface area contributed by atoms with Gasteiger partial charge in [0.05, 0.1) is 11.9 Å². The van der Waals surface area contributed by atoms with E-state index in [-0.39, 0.29) is 19.0 Å². The molecule has 1 N–H and O–H groups in total. The Labute approximate surface area is 197 Å². The summed E-state index contributed by atoms with van der Waals surface area (Å²) in [6.07, 6.45) is 3.29. The number of benzene rings is 2. The van der Waals surface area contributed by atoms with Gasteiger partial charge >= 0.3 is 0 Å². The molecule has 1 atom stereocenters. The summed E-state index contributed by atoms with van der Waals surface area (Å²) in [5, 5.41) is 2.92. The number of hydrogen-bond donors (Lipinski definition) is 1. The van der Waals surface area contributed by atoms with Gasteiger partial charge in [0.25, 0.3) is 0 Å². The van der Waals surface area contributed by atoms with E-state index in [1.165, 1.54) is 4.90 Å². The smallest absolute Gasteiger partial charge is 0.244 e. The van der Waals surface area contributed by atoms with E-state index in [0.717, 1.165) is 34.5 Å². The molecule has 0 saturated heterocycles. The van der Waals surface area contributed by atoms with Crippen molar-refractivity contribution in [1.29, 1.82) is 0 Å². The highest BCUT2D eigenvalue weighted by atomic mass is 32.2. The van der Waals surface area contributed by atoms with Crippen molar-refractivity contribution in [2.75, 3.05) is 23.7 Å². The first-order valence-corrected chi connectivity index (χ1v) is 13.2. The highest BCUT2D eigenvalue weighted by Gasteiger charge is 2.31. The highest BCUT2D eigenvalue weighted by molar-refractivity contribution is 7.92. The molecule has 0 bridgehead atoms. The summed E-state index contributed by atoms with van der Waals surface area (Å²) in [6, 6.07) is 15.6. The molecule has 2 amide bonds. The van der Waals surface area contributed by atoms with Gasteiger partial charge in [-0.05, 0) is 37.5 Å². The van der Waals surface area contributed by atoms with E-state index in [0.29, 0.717) is 18.7 Å². The molecule has 2 aromatic carbocycles. The van der Waals surface area contributed by atoms with E-state index in [1.807, 2.05) is 45.0 Å². The van der Waals surface area contributed by atoms with E-state index in [2.05, 4.69) is 5.32 Å². The van der Waals surface area contributed by atoms with E-state index < -0.39 is 22.0 Å². The first-order chi connectivity index (χ1) is 15.7. The van der Waals surface area contributed by atoms with Crippen LogP contribution in [0.15, 0.2) is 54.6 Å². The second-order valence-electron chi connectivity index (χ2n) is 8.18. The lowest BCUT2D eigenvalue weighted by atomic mass is 10.1. The molecule has 0 radical (unpaired) electrons. The number of carbonyl (C=O) groups excluding carboxylic acids is 2. The Morgan fingerprint density at radius 3 is 2.30 bits per heavy atom. The van der Waals surface area contributed by atoms with Gasteiger partial charge in [0, 0.05) is 13.1 Å². The van der Waals surface area contributed by atoms with Crippen molar-refractivity contribution in [3.05, 3.63) is 65.7 Å². The van der Waals surface area contributed by atoms with E-state index in [4.69, 9.17) is 0 Å². The standard InChI is InChI=1S/C25H35N3O4S/c1-5-7-16-26-25(30)23(6-2)27(18-21-13-11-12-20(3)17-21)24(29)19-28(33(4,31)32)22-14-9-8-10-15-22/h8-15,17,23H,5-7,16,18-19H2,1-4H3,(H,26,30)/t23-/m1/s1. The molecule has 0 heterocycles. The summed E-state index contributed by atoms with van der Waals surface area (Å²) in [5.41, 5.74) is 2.33. The maximum absolute atomic E-state index is 13.5. The molecule has 180 valence electrons. The molecule has 0 aromatic heterocycles. The van der Waals surface area contributed by atoms with Crippen molar-refractivity contribution in [1.82, 2.24) is 10.2 Å². The fraction of sp³-hybridized carbons (Fsp3) is 0.440. The number of aryl methyl sites for hydroxylation is 1. The van der Waals surface area contributed by atoms with Gasteiger partial charge in [-0.1, -0.05) is 68.3 Å². The number of sulfonamides is 1. The van der Waals surface area contributed by atoms with Crippen LogP contribution in [0.5, 0.6) is 0 Å². The van der Waals surface area contributed by atoms with Gasteiger partial charge in [-0.2, -0.15) is 0 Å². The molecule has 7 nitrogen and oxygen atoms in total. The lowest BCUT2D eigenvalue weighted by molar-refractivity contribution is -0.140. The molecule has 2 aromatic rings. The average Bonchev–Trinajstić information content (AvgIpc) is 2.77. The lowest BCUT2D eigenvalue weighted by Gasteiger charge is -2.33. The van der Waals surface area contributed by atoms with Crippen LogP contribution in [0.2, 0.25) is 0 Å². The maximum Gasteiger partial charge on any atom is 0.244 e. The van der Waals surface area contributed by atoms with Crippen LogP contribution in [0.4, 0.5) is 5.69 Å². The normalized spacial score (nSPS) is 12.1. The molecule has 0 saturated carbocycles. The van der Waals surface area contributed by atoms with Crippen LogP contribution < -0.4 is 9.62 Å². The van der Waals surface area contributed by atoms with Gasteiger partial charge in [-0.25, -0.2) is 8.42 Å². The number of nitrogens with zero attached hydrogens (tertiary/aromatic N) is 2. The van der Waals surface area contributed by atoms with Crippen molar-refractivity contribution >= 4 is 27.5 Å². The first-order valence-electron chi connectivity index (χ1n) is 11.3. The Bertz CT molecular complexity index is 1020. The molecule has 0 aliphatic heterocycles. The van der Waals surface area contributed by atoms with E-state index in [1.54, 1.807) is 30.3 Å². The Balaban J connectivity index is 2.37. The zero-order chi connectivity index (χ0) is 24.4. The molecule has 0 spiro atoms. The number of carbonyl (C=O) groups is 2. The highest BCUT2D eigenvalue weighted by Crippen LogP contribution is 2.19. The minimum Gasteiger partial charge on any atom is -0.354 e. The topological polar surface area (TPSA) is 86.8 Å². The Kier molecular flexibility index (Phi) is 9.91. The van der Waals surface area contributed by atoms with Crippen molar-refractivity contribution < 1.29 is 18.0 Å². The van der Waals surface area contributed by atoms with E-state index in [9.17, 15) is 18.0 Å². The van der Waals surface area contributed by atoms with Gasteiger partial charge in [-0.3, -0.25) is 13.9 Å². The van der Waals surface area contributed by atoms with Crippen LogP contribution in [0, 0.1) is 6.92 Å². The van der Waals surface area contributed by atoms with Crippen molar-refractivity contribution in [2.24, 2.45) is 0 Å². The number of unbranched alkanes of at least 4 members (excludes halogenated alkanes) is 1. The van der Waals surface area contributed by atoms with Crippen LogP contribution >= 0.6 is 0 Å². The van der Waals surface area contributed by atoms with Gasteiger partial charge < -0.3 is 10.2 Å². The number of nitrogens with one attached hydrogen (secondary N) is 1. The van der Waals surface area contributed by atoms with Crippen molar-refractivity contribution in [3.63, 3.8) is 0 Å². The monoisotopic (exact) mass is 473 g/mol. The quantitative estimate of drug-likeness (QED) is 0.478. The second kappa shape index (κ2) is 12.4. The number of rotatable bonds is 12. The number of para-hydroxylation sites is 1. The fourth-order valence-corrected chi connectivity index (χ4v) is 4.49. The van der Waals surface area contributed by atoms with Crippen LogP contribution in [0.3, 0.4) is 0 Å². The van der Waals surface area contributed by atoms with Crippen LogP contribution in [0.1, 0.15) is 44.2 Å². The Morgan fingerprint density at radius 1 is 1.03 bits per heavy atom. The number of hydrogen-bond acceptors (Lipinski definition) is 4. The van der Waals surface area contributed by atoms with Crippen molar-refractivity contribution in [3.8, 4) is 0 Å². The molecule has 0 aliphatic carbocycles. The van der Waals surface area contributed by atoms with Gasteiger partial charge in [-0.15, -0.1) is 0 Å². The fourth-order valence-electron chi connectivity index (χ4n) is 3.64. The molecule has 0 unspecified atom stereocenters. The summed E-state index contributed by atoms with van der Waals surface area (Å²) in [6.45, 7) is 6.23. The molecular formula is C25H35N3O4S. The average molecular weight is 474 g/mol. The minimum atomic E-state index is -3.71. The third-order valence-electron chi connectivity index (χ3n) is 5.37. The minimum absolute atomic E-state index is 0.215. The van der Waals surface area contributed by atoms with Crippen LogP contribution in [0.25, 0.3) is 0 Å². The summed E-state index contributed by atoms with van der Waals surface area (Å²) in [5.74, 6) is -0.652. The van der Waals surface area contributed by atoms with E-state index >= 15 is 0 Å². The predicted molar refractivity (Wildman–Crippen MR) is 132 cm³/mol. The van der Waals surface area contributed by atoms with Crippen LogP contribution in [-0.4, -0.2) is 50.5 Å². The van der Waals surface area contributed by atoms with Crippen LogP contribution in [-0.2, 0) is 26.2 Å². The first kappa shape index (κ1) is 26.4. The summed E-state index contributed by atoms with van der Waals surface area (Å²) >= 11 is 0. The Hall–Kier alpha value is -2.87. The van der Waals surface area contributed by atoms with Crippen molar-refractivity contribution in [2.45, 2.75) is 52.6 Å². The molecule has 2 rings (SSSR count). The van der Waals surface area contributed by atoms with Gasteiger partial charge in [0.15, 0.2) is 0 Å². The zero-order valence-corrected chi connectivity index (χ0v) is 20.8. The summed E-state index contributed by atoms with van der Waals surface area (Å²) < 4.78 is 26.1. The number of amides is 2. The largest absolute Gasteiger partial charge is 0.354 e. The predicted octanol–water partition coefficient (Wildman–Crippen LogP) is 3.48. The summed E-state index contributed by atoms with van der Waals surface area (Å²) in [4.78, 5) is 28.0. The van der Waals surface area contributed by atoms with Gasteiger partial charge in [0.1, 0.15) is 12.6 Å².